The van der Waals surface area contributed by atoms with Crippen molar-refractivity contribution in [1.82, 2.24) is 19.9 Å². The standard InChI is InChI=1S/C19H21N7O2S/c1-2-12-7-13(9-14(8-12)22-16(28)11-20)18-24-26-17(25-5-3-21-4-6-25)10-15(27)23-19(26)29-18/h2,7-10,21H,1,3-6,11,20H2,(H,22,28). The number of nitrogens with zero attached hydrogens (tertiary/aromatic N) is 4. The SMILES string of the molecule is C=Cc1cc(NC(=O)CN)cc(-c2nn3c(N4CCNCC4)cc(=O)nc3s2)c1. The van der Waals surface area contributed by atoms with Crippen molar-refractivity contribution in [2.75, 3.05) is 42.9 Å². The van der Waals surface area contributed by atoms with E-state index < -0.39 is 0 Å². The highest BCUT2D eigenvalue weighted by atomic mass is 32.1. The van der Waals surface area contributed by atoms with E-state index in [2.05, 4.69) is 27.1 Å². The van der Waals surface area contributed by atoms with Crippen LogP contribution in [0.2, 0.25) is 0 Å². The van der Waals surface area contributed by atoms with Crippen LogP contribution < -0.4 is 26.8 Å². The lowest BCUT2D eigenvalue weighted by Crippen LogP contribution is -2.44. The van der Waals surface area contributed by atoms with Crippen molar-refractivity contribution in [1.29, 1.82) is 0 Å². The Bertz CT molecular complexity index is 1130. The maximum absolute atomic E-state index is 12.1. The van der Waals surface area contributed by atoms with Crippen LogP contribution in [0.25, 0.3) is 21.6 Å². The minimum absolute atomic E-state index is 0.102. The van der Waals surface area contributed by atoms with Crippen LogP contribution >= 0.6 is 11.3 Å². The third kappa shape index (κ3) is 4.04. The smallest absolute Gasteiger partial charge is 0.276 e. The fourth-order valence-electron chi connectivity index (χ4n) is 3.21. The molecule has 1 amide bonds. The molecule has 9 nitrogen and oxygen atoms in total. The minimum Gasteiger partial charge on any atom is -0.354 e. The number of hydrogen-bond donors (Lipinski definition) is 3. The Balaban J connectivity index is 1.80. The molecule has 4 N–H and O–H groups in total. The Morgan fingerprint density at radius 3 is 2.83 bits per heavy atom. The molecule has 0 unspecified atom stereocenters. The van der Waals surface area contributed by atoms with Crippen LogP contribution in [-0.2, 0) is 4.79 Å². The molecule has 4 rings (SSSR count). The molecular formula is C19H21N7O2S. The van der Waals surface area contributed by atoms with Crippen molar-refractivity contribution in [3.63, 3.8) is 0 Å². The van der Waals surface area contributed by atoms with Gasteiger partial charge in [0.1, 0.15) is 10.8 Å². The predicted octanol–water partition coefficient (Wildman–Crippen LogP) is 0.768. The molecule has 1 saturated heterocycles. The first-order valence-electron chi connectivity index (χ1n) is 9.22. The number of aromatic nitrogens is 3. The zero-order valence-electron chi connectivity index (χ0n) is 15.7. The Kier molecular flexibility index (Phi) is 5.38. The van der Waals surface area contributed by atoms with Gasteiger partial charge in [-0.3, -0.25) is 9.59 Å². The summed E-state index contributed by atoms with van der Waals surface area (Å²) in [5, 5.41) is 11.5. The lowest BCUT2D eigenvalue weighted by Gasteiger charge is -2.28. The highest BCUT2D eigenvalue weighted by molar-refractivity contribution is 7.19. The number of anilines is 2. The number of fused-ring (bicyclic) bond motifs is 1. The molecule has 29 heavy (non-hydrogen) atoms. The van der Waals surface area contributed by atoms with Gasteiger partial charge in [-0.15, -0.1) is 0 Å². The Morgan fingerprint density at radius 1 is 1.31 bits per heavy atom. The lowest BCUT2D eigenvalue weighted by atomic mass is 10.1. The van der Waals surface area contributed by atoms with Gasteiger partial charge in [-0.2, -0.15) is 14.6 Å². The Labute approximate surface area is 170 Å². The molecule has 1 aliphatic rings. The predicted molar refractivity (Wildman–Crippen MR) is 115 cm³/mol. The molecule has 0 atom stereocenters. The third-order valence-corrected chi connectivity index (χ3v) is 5.54. The summed E-state index contributed by atoms with van der Waals surface area (Å²) in [5.74, 6) is 0.454. The molecule has 0 aliphatic carbocycles. The topological polar surface area (TPSA) is 118 Å². The van der Waals surface area contributed by atoms with E-state index in [4.69, 9.17) is 10.8 Å². The molecule has 1 aromatic carbocycles. The third-order valence-electron chi connectivity index (χ3n) is 4.58. The van der Waals surface area contributed by atoms with Gasteiger partial charge >= 0.3 is 0 Å². The first kappa shape index (κ1) is 19.2. The van der Waals surface area contributed by atoms with Crippen molar-refractivity contribution >= 4 is 39.8 Å². The van der Waals surface area contributed by atoms with Crippen molar-refractivity contribution in [2.45, 2.75) is 0 Å². The Morgan fingerprint density at radius 2 is 2.10 bits per heavy atom. The summed E-state index contributed by atoms with van der Waals surface area (Å²) < 4.78 is 1.71. The number of piperazine rings is 1. The van der Waals surface area contributed by atoms with Crippen LogP contribution in [0.5, 0.6) is 0 Å². The number of carbonyl (C=O) groups excluding carboxylic acids is 1. The van der Waals surface area contributed by atoms with Gasteiger partial charge in [-0.05, 0) is 23.8 Å². The summed E-state index contributed by atoms with van der Waals surface area (Å²) in [5.41, 5.74) is 7.35. The van der Waals surface area contributed by atoms with Gasteiger partial charge in [0.15, 0.2) is 0 Å². The molecule has 150 valence electrons. The van der Waals surface area contributed by atoms with E-state index in [9.17, 15) is 9.59 Å². The van der Waals surface area contributed by atoms with Gasteiger partial charge in [0.25, 0.3) is 5.56 Å². The molecule has 3 heterocycles. The summed E-state index contributed by atoms with van der Waals surface area (Å²) in [4.78, 5) is 30.6. The number of nitrogens with two attached hydrogens (primary N) is 1. The van der Waals surface area contributed by atoms with Crippen LogP contribution in [0.1, 0.15) is 5.56 Å². The molecular weight excluding hydrogens is 390 g/mol. The number of benzene rings is 1. The van der Waals surface area contributed by atoms with Crippen LogP contribution in [0.15, 0.2) is 35.6 Å². The van der Waals surface area contributed by atoms with Gasteiger partial charge in [0.05, 0.1) is 6.54 Å². The van der Waals surface area contributed by atoms with Crippen molar-refractivity contribution < 1.29 is 4.79 Å². The quantitative estimate of drug-likeness (QED) is 0.567. The second-order valence-corrected chi connectivity index (χ2v) is 7.55. The molecule has 3 aromatic rings. The van der Waals surface area contributed by atoms with E-state index in [1.807, 2.05) is 18.2 Å². The van der Waals surface area contributed by atoms with Gasteiger partial charge in [0.2, 0.25) is 10.9 Å². The first-order valence-corrected chi connectivity index (χ1v) is 10.0. The van der Waals surface area contributed by atoms with Crippen molar-refractivity contribution in [3.8, 4) is 10.6 Å². The van der Waals surface area contributed by atoms with E-state index in [-0.39, 0.29) is 18.0 Å². The number of carbonyl (C=O) groups is 1. The van der Waals surface area contributed by atoms with Crippen LogP contribution in [0.3, 0.4) is 0 Å². The summed E-state index contributed by atoms with van der Waals surface area (Å²) in [6.45, 7) is 6.99. The average molecular weight is 411 g/mol. The van der Waals surface area contributed by atoms with E-state index in [1.54, 1.807) is 10.6 Å². The van der Waals surface area contributed by atoms with Crippen LogP contribution in [0.4, 0.5) is 11.5 Å². The molecule has 1 aliphatic heterocycles. The van der Waals surface area contributed by atoms with Crippen molar-refractivity contribution in [2.24, 2.45) is 5.73 Å². The second-order valence-electron chi connectivity index (χ2n) is 6.59. The van der Waals surface area contributed by atoms with E-state index >= 15 is 0 Å². The maximum atomic E-state index is 12.1. The number of hydrogen-bond acceptors (Lipinski definition) is 8. The number of rotatable bonds is 5. The summed E-state index contributed by atoms with van der Waals surface area (Å²) in [6.07, 6.45) is 1.70. The Hall–Kier alpha value is -3.08. The fraction of sp³-hybridized carbons (Fsp3) is 0.263. The highest BCUT2D eigenvalue weighted by Crippen LogP contribution is 2.30. The second kappa shape index (κ2) is 8.11. The molecule has 2 aromatic heterocycles. The van der Waals surface area contributed by atoms with E-state index in [0.717, 1.165) is 43.1 Å². The lowest BCUT2D eigenvalue weighted by molar-refractivity contribution is -0.114. The molecule has 0 radical (unpaired) electrons. The highest BCUT2D eigenvalue weighted by Gasteiger charge is 2.18. The van der Waals surface area contributed by atoms with Gasteiger partial charge < -0.3 is 21.3 Å². The maximum Gasteiger partial charge on any atom is 0.276 e. The molecule has 0 bridgehead atoms. The summed E-state index contributed by atoms with van der Waals surface area (Å²) in [6, 6.07) is 7.08. The molecule has 10 heteroatoms. The summed E-state index contributed by atoms with van der Waals surface area (Å²) >= 11 is 1.32. The van der Waals surface area contributed by atoms with Crippen molar-refractivity contribution in [3.05, 3.63) is 46.8 Å². The fourth-order valence-corrected chi connectivity index (χ4v) is 4.10. The van der Waals surface area contributed by atoms with Gasteiger partial charge in [-0.25, -0.2) is 0 Å². The zero-order valence-corrected chi connectivity index (χ0v) is 16.5. The summed E-state index contributed by atoms with van der Waals surface area (Å²) in [7, 11) is 0. The molecule has 0 saturated carbocycles. The van der Waals surface area contributed by atoms with E-state index in [0.29, 0.717) is 15.7 Å². The van der Waals surface area contributed by atoms with E-state index in [1.165, 1.54) is 17.4 Å². The minimum atomic E-state index is -0.288. The van der Waals surface area contributed by atoms with Gasteiger partial charge in [-0.1, -0.05) is 24.0 Å². The van der Waals surface area contributed by atoms with Crippen LogP contribution in [0, 0.1) is 0 Å². The number of nitrogens with one attached hydrogen (secondary N) is 2. The number of amides is 1. The average Bonchev–Trinajstić information content (AvgIpc) is 3.17. The normalized spacial score (nSPS) is 14.2. The van der Waals surface area contributed by atoms with Crippen LogP contribution in [-0.4, -0.2) is 53.2 Å². The van der Waals surface area contributed by atoms with Gasteiger partial charge in [0, 0.05) is 43.5 Å². The zero-order chi connectivity index (χ0) is 20.4. The molecule has 0 spiro atoms. The first-order chi connectivity index (χ1) is 14.1. The molecule has 1 fully saturated rings. The monoisotopic (exact) mass is 411 g/mol. The largest absolute Gasteiger partial charge is 0.354 e.